The minimum atomic E-state index is -0.972. The van der Waals surface area contributed by atoms with Crippen molar-refractivity contribution in [2.75, 3.05) is 0 Å². The van der Waals surface area contributed by atoms with Crippen molar-refractivity contribution in [3.63, 3.8) is 0 Å². The Hall–Kier alpha value is -3.61. The maximum Gasteiger partial charge on any atom is 0.335 e. The fraction of sp³-hybridized carbons (Fsp3) is 0.105. The van der Waals surface area contributed by atoms with Gasteiger partial charge in [-0.25, -0.2) is 9.78 Å². The number of aromatic nitrogens is 3. The lowest BCUT2D eigenvalue weighted by molar-refractivity contribution is -0.118. The quantitative estimate of drug-likeness (QED) is 0.578. The SMILES string of the molecule is NC(=O)CCn1c2ccc(C(=O)O)cc2c2ccc(-n3ccnc3)cc21. The minimum absolute atomic E-state index is 0.203. The maximum atomic E-state index is 11.3. The second kappa shape index (κ2) is 6.03. The van der Waals surface area contributed by atoms with Crippen LogP contribution in [0.5, 0.6) is 0 Å². The van der Waals surface area contributed by atoms with Gasteiger partial charge in [-0.2, -0.15) is 0 Å². The van der Waals surface area contributed by atoms with Crippen LogP contribution in [0.4, 0.5) is 0 Å². The molecule has 0 aliphatic rings. The summed E-state index contributed by atoms with van der Waals surface area (Å²) in [5, 5.41) is 11.1. The largest absolute Gasteiger partial charge is 0.478 e. The van der Waals surface area contributed by atoms with Crippen LogP contribution in [-0.4, -0.2) is 31.1 Å². The summed E-state index contributed by atoms with van der Waals surface area (Å²) in [6, 6.07) is 10.9. The number of carboxylic acid groups (broad SMARTS) is 1. The molecule has 130 valence electrons. The van der Waals surface area contributed by atoms with Crippen LogP contribution < -0.4 is 5.73 Å². The number of primary amides is 1. The van der Waals surface area contributed by atoms with Gasteiger partial charge in [0.2, 0.25) is 5.91 Å². The number of amides is 1. The van der Waals surface area contributed by atoms with E-state index in [1.807, 2.05) is 33.5 Å². The number of nitrogens with two attached hydrogens (primary N) is 1. The van der Waals surface area contributed by atoms with Gasteiger partial charge >= 0.3 is 5.97 Å². The number of carbonyl (C=O) groups excluding carboxylic acids is 1. The molecule has 7 nitrogen and oxygen atoms in total. The van der Waals surface area contributed by atoms with Crippen molar-refractivity contribution in [2.24, 2.45) is 5.73 Å². The summed E-state index contributed by atoms with van der Waals surface area (Å²) in [7, 11) is 0. The van der Waals surface area contributed by atoms with Crippen LogP contribution in [-0.2, 0) is 11.3 Å². The van der Waals surface area contributed by atoms with Crippen LogP contribution in [0.15, 0.2) is 55.1 Å². The average Bonchev–Trinajstić information content (AvgIpc) is 3.25. The van der Waals surface area contributed by atoms with E-state index in [-0.39, 0.29) is 17.9 Å². The van der Waals surface area contributed by atoms with Crippen molar-refractivity contribution >= 4 is 33.7 Å². The van der Waals surface area contributed by atoms with Crippen molar-refractivity contribution in [3.05, 3.63) is 60.7 Å². The molecule has 2 aromatic heterocycles. The molecular weight excluding hydrogens is 332 g/mol. The summed E-state index contributed by atoms with van der Waals surface area (Å²) in [4.78, 5) is 26.7. The number of imidazole rings is 1. The Labute approximate surface area is 148 Å². The Kier molecular flexibility index (Phi) is 3.69. The van der Waals surface area contributed by atoms with Gasteiger partial charge in [0.25, 0.3) is 0 Å². The molecule has 4 aromatic rings. The van der Waals surface area contributed by atoms with E-state index < -0.39 is 5.97 Å². The molecule has 26 heavy (non-hydrogen) atoms. The fourth-order valence-corrected chi connectivity index (χ4v) is 3.26. The third-order valence-corrected chi connectivity index (χ3v) is 4.48. The predicted octanol–water partition coefficient (Wildman–Crippen LogP) is 2.55. The average molecular weight is 348 g/mol. The minimum Gasteiger partial charge on any atom is -0.478 e. The fourth-order valence-electron chi connectivity index (χ4n) is 3.26. The number of rotatable bonds is 5. The summed E-state index contributed by atoms with van der Waals surface area (Å²) < 4.78 is 3.89. The molecule has 2 aromatic carbocycles. The molecular formula is C19H16N4O3. The normalized spacial score (nSPS) is 11.2. The second-order valence-corrected chi connectivity index (χ2v) is 6.08. The number of hydrogen-bond donors (Lipinski definition) is 2. The zero-order valence-corrected chi connectivity index (χ0v) is 13.8. The highest BCUT2D eigenvalue weighted by Gasteiger charge is 2.14. The first-order chi connectivity index (χ1) is 12.5. The smallest absolute Gasteiger partial charge is 0.335 e. The lowest BCUT2D eigenvalue weighted by atomic mass is 10.1. The van der Waals surface area contributed by atoms with Crippen LogP contribution in [0.1, 0.15) is 16.8 Å². The van der Waals surface area contributed by atoms with Crippen LogP contribution in [0, 0.1) is 0 Å². The second-order valence-electron chi connectivity index (χ2n) is 6.08. The molecule has 0 saturated heterocycles. The van der Waals surface area contributed by atoms with Gasteiger partial charge < -0.3 is 20.0 Å². The molecule has 0 fully saturated rings. The highest BCUT2D eigenvalue weighted by Crippen LogP contribution is 2.31. The van der Waals surface area contributed by atoms with Gasteiger partial charge in [0, 0.05) is 47.3 Å². The topological polar surface area (TPSA) is 103 Å². The molecule has 0 spiro atoms. The van der Waals surface area contributed by atoms with Gasteiger partial charge in [-0.05, 0) is 30.3 Å². The lowest BCUT2D eigenvalue weighted by Gasteiger charge is -2.08. The molecule has 0 saturated carbocycles. The number of benzene rings is 2. The van der Waals surface area contributed by atoms with E-state index >= 15 is 0 Å². The summed E-state index contributed by atoms with van der Waals surface area (Å²) in [5.41, 5.74) is 8.26. The monoisotopic (exact) mass is 348 g/mol. The molecule has 0 aliphatic carbocycles. The van der Waals surface area contributed by atoms with Crippen molar-refractivity contribution in [3.8, 4) is 5.69 Å². The van der Waals surface area contributed by atoms with E-state index in [1.54, 1.807) is 30.7 Å². The van der Waals surface area contributed by atoms with Crippen LogP contribution in [0.3, 0.4) is 0 Å². The molecule has 0 atom stereocenters. The van der Waals surface area contributed by atoms with Crippen molar-refractivity contribution in [2.45, 2.75) is 13.0 Å². The molecule has 4 rings (SSSR count). The maximum absolute atomic E-state index is 11.3. The molecule has 2 heterocycles. The summed E-state index contributed by atoms with van der Waals surface area (Å²) in [6.45, 7) is 0.426. The van der Waals surface area contributed by atoms with Gasteiger partial charge in [-0.3, -0.25) is 4.79 Å². The predicted molar refractivity (Wildman–Crippen MR) is 97.3 cm³/mol. The van der Waals surface area contributed by atoms with E-state index in [1.165, 1.54) is 0 Å². The van der Waals surface area contributed by atoms with E-state index in [4.69, 9.17) is 5.73 Å². The molecule has 3 N–H and O–H groups in total. The highest BCUT2D eigenvalue weighted by atomic mass is 16.4. The van der Waals surface area contributed by atoms with Crippen LogP contribution in [0.2, 0.25) is 0 Å². The number of nitrogens with zero attached hydrogens (tertiary/aromatic N) is 3. The summed E-state index contributed by atoms with van der Waals surface area (Å²) in [5.74, 6) is -1.35. The van der Waals surface area contributed by atoms with Crippen LogP contribution >= 0.6 is 0 Å². The third-order valence-electron chi connectivity index (χ3n) is 4.48. The zero-order chi connectivity index (χ0) is 18.3. The van der Waals surface area contributed by atoms with Gasteiger partial charge in [0.05, 0.1) is 17.4 Å². The Balaban J connectivity index is 1.99. The van der Waals surface area contributed by atoms with Crippen molar-refractivity contribution in [1.82, 2.24) is 14.1 Å². The van der Waals surface area contributed by atoms with Crippen LogP contribution in [0.25, 0.3) is 27.5 Å². The van der Waals surface area contributed by atoms with Gasteiger partial charge in [-0.15, -0.1) is 0 Å². The van der Waals surface area contributed by atoms with Crippen molar-refractivity contribution < 1.29 is 14.7 Å². The van der Waals surface area contributed by atoms with Gasteiger partial charge in [0.1, 0.15) is 0 Å². The van der Waals surface area contributed by atoms with E-state index in [0.717, 1.165) is 27.5 Å². The Morgan fingerprint density at radius 3 is 2.62 bits per heavy atom. The molecule has 0 aliphatic heterocycles. The Bertz CT molecular complexity index is 1140. The number of fused-ring (bicyclic) bond motifs is 3. The number of aryl methyl sites for hydroxylation is 1. The summed E-state index contributed by atoms with van der Waals surface area (Å²) >= 11 is 0. The van der Waals surface area contributed by atoms with E-state index in [2.05, 4.69) is 4.98 Å². The van der Waals surface area contributed by atoms with Crippen molar-refractivity contribution in [1.29, 1.82) is 0 Å². The number of carbonyl (C=O) groups is 2. The standard InChI is InChI=1S/C19H16N4O3/c20-18(24)5-7-23-16-4-1-12(19(25)26)9-15(16)14-3-2-13(10-17(14)23)22-8-6-21-11-22/h1-4,6,8-11H,5,7H2,(H2,20,24)(H,25,26). The number of aromatic carboxylic acids is 1. The molecule has 0 radical (unpaired) electrons. The van der Waals surface area contributed by atoms with E-state index in [0.29, 0.717) is 6.54 Å². The van der Waals surface area contributed by atoms with Gasteiger partial charge in [-0.1, -0.05) is 6.07 Å². The zero-order valence-electron chi connectivity index (χ0n) is 13.8. The van der Waals surface area contributed by atoms with E-state index in [9.17, 15) is 14.7 Å². The third kappa shape index (κ3) is 2.59. The molecule has 0 unspecified atom stereocenters. The van der Waals surface area contributed by atoms with Gasteiger partial charge in [0.15, 0.2) is 0 Å². The first kappa shape index (κ1) is 15.9. The molecule has 0 bridgehead atoms. The first-order valence-corrected chi connectivity index (χ1v) is 8.10. The Morgan fingerprint density at radius 1 is 1.08 bits per heavy atom. The first-order valence-electron chi connectivity index (χ1n) is 8.10. The Morgan fingerprint density at radius 2 is 1.92 bits per heavy atom. The number of carboxylic acids is 1. The molecule has 7 heteroatoms. The summed E-state index contributed by atoms with van der Waals surface area (Å²) in [6.07, 6.45) is 5.46. The highest BCUT2D eigenvalue weighted by molar-refractivity contribution is 6.10. The number of hydrogen-bond acceptors (Lipinski definition) is 3. The lowest BCUT2D eigenvalue weighted by Crippen LogP contribution is -2.13. The molecule has 1 amide bonds.